The number of carbonyl (C=O) groups excluding carboxylic acids is 1. The summed E-state index contributed by atoms with van der Waals surface area (Å²) in [7, 11) is -3.33. The molecule has 2 rings (SSSR count). The van der Waals surface area contributed by atoms with Crippen molar-refractivity contribution in [3.8, 4) is 0 Å². The van der Waals surface area contributed by atoms with E-state index in [4.69, 9.17) is 0 Å². The van der Waals surface area contributed by atoms with E-state index in [0.29, 0.717) is 17.8 Å². The van der Waals surface area contributed by atoms with Gasteiger partial charge in [0.1, 0.15) is 0 Å². The Morgan fingerprint density at radius 2 is 1.88 bits per heavy atom. The lowest BCUT2D eigenvalue weighted by Crippen LogP contribution is -2.37. The molecule has 0 unspecified atom stereocenters. The lowest BCUT2D eigenvalue weighted by Gasteiger charge is -2.29. The van der Waals surface area contributed by atoms with E-state index in [1.54, 1.807) is 43.6 Å². The average molecular weight is 375 g/mol. The third kappa shape index (κ3) is 5.29. The van der Waals surface area contributed by atoms with Gasteiger partial charge in [-0.3, -0.25) is 14.5 Å². The van der Waals surface area contributed by atoms with Gasteiger partial charge in [0.15, 0.2) is 0 Å². The number of benzene rings is 1. The number of sulfonamides is 1. The minimum Gasteiger partial charge on any atom is -0.332 e. The zero-order valence-electron chi connectivity index (χ0n) is 15.3. The van der Waals surface area contributed by atoms with Crippen LogP contribution in [0.2, 0.25) is 0 Å². The fraction of sp³-hybridized carbons (Fsp3) is 0.368. The van der Waals surface area contributed by atoms with Crippen LogP contribution in [0.25, 0.3) is 0 Å². The van der Waals surface area contributed by atoms with Crippen molar-refractivity contribution < 1.29 is 13.2 Å². The fourth-order valence-corrected chi connectivity index (χ4v) is 3.07. The van der Waals surface area contributed by atoms with E-state index in [1.807, 2.05) is 30.9 Å². The SMILES string of the molecule is CC[C@H](C)N(Cc1cccnc1)C(=O)c1ccc(NS(=O)(=O)CC)cc1. The molecule has 7 heteroatoms. The Labute approximate surface area is 155 Å². The van der Waals surface area contributed by atoms with Crippen LogP contribution >= 0.6 is 0 Å². The van der Waals surface area contributed by atoms with Crippen LogP contribution in [-0.2, 0) is 16.6 Å². The Morgan fingerprint density at radius 1 is 1.19 bits per heavy atom. The number of aromatic nitrogens is 1. The molecule has 1 heterocycles. The van der Waals surface area contributed by atoms with E-state index in [2.05, 4.69) is 9.71 Å². The van der Waals surface area contributed by atoms with E-state index < -0.39 is 10.0 Å². The summed E-state index contributed by atoms with van der Waals surface area (Å²) in [6.45, 7) is 6.10. The molecular weight excluding hydrogens is 350 g/mol. The van der Waals surface area contributed by atoms with E-state index in [1.165, 1.54) is 0 Å². The summed E-state index contributed by atoms with van der Waals surface area (Å²) in [6.07, 6.45) is 4.29. The average Bonchev–Trinajstić information content (AvgIpc) is 2.66. The van der Waals surface area contributed by atoms with Gasteiger partial charge in [-0.15, -0.1) is 0 Å². The first kappa shape index (κ1) is 19.9. The Kier molecular flexibility index (Phi) is 6.74. The van der Waals surface area contributed by atoms with Gasteiger partial charge in [-0.25, -0.2) is 8.42 Å². The maximum absolute atomic E-state index is 13.0. The first-order valence-electron chi connectivity index (χ1n) is 8.66. The predicted octanol–water partition coefficient (Wildman–Crippen LogP) is 3.28. The summed E-state index contributed by atoms with van der Waals surface area (Å²) in [5, 5.41) is 0. The summed E-state index contributed by atoms with van der Waals surface area (Å²) in [4.78, 5) is 18.9. The zero-order chi connectivity index (χ0) is 19.2. The smallest absolute Gasteiger partial charge is 0.254 e. The highest BCUT2D eigenvalue weighted by atomic mass is 32.2. The number of hydrogen-bond donors (Lipinski definition) is 1. The standard InChI is InChI=1S/C19H25N3O3S/c1-4-15(3)22(14-16-7-6-12-20-13-16)19(23)17-8-10-18(11-9-17)21-26(24,25)5-2/h6-13,15,21H,4-5,14H2,1-3H3/t15-/m0/s1. The molecule has 6 nitrogen and oxygen atoms in total. The molecule has 1 aromatic heterocycles. The second kappa shape index (κ2) is 8.80. The highest BCUT2D eigenvalue weighted by molar-refractivity contribution is 7.92. The number of amides is 1. The van der Waals surface area contributed by atoms with Gasteiger partial charge in [-0.05, 0) is 56.2 Å². The molecule has 0 aliphatic heterocycles. The van der Waals surface area contributed by atoms with E-state index in [-0.39, 0.29) is 17.7 Å². The van der Waals surface area contributed by atoms with Crippen LogP contribution in [0.3, 0.4) is 0 Å². The Bertz CT molecular complexity index is 821. The molecule has 0 saturated carbocycles. The summed E-state index contributed by atoms with van der Waals surface area (Å²) >= 11 is 0. The molecule has 1 N–H and O–H groups in total. The lowest BCUT2D eigenvalue weighted by molar-refractivity contribution is 0.0671. The van der Waals surface area contributed by atoms with E-state index in [9.17, 15) is 13.2 Å². The first-order chi connectivity index (χ1) is 12.4. The third-order valence-corrected chi connectivity index (χ3v) is 5.55. The molecule has 1 atom stereocenters. The summed E-state index contributed by atoms with van der Waals surface area (Å²) in [5.41, 5.74) is 1.94. The minimum atomic E-state index is -3.33. The topological polar surface area (TPSA) is 79.4 Å². The largest absolute Gasteiger partial charge is 0.332 e. The van der Waals surface area contributed by atoms with Gasteiger partial charge in [0.25, 0.3) is 5.91 Å². The van der Waals surface area contributed by atoms with E-state index >= 15 is 0 Å². The summed E-state index contributed by atoms with van der Waals surface area (Å²) in [6, 6.07) is 10.4. The molecule has 2 aromatic rings. The number of rotatable bonds is 8. The van der Waals surface area contributed by atoms with Crippen molar-refractivity contribution in [1.29, 1.82) is 0 Å². The molecular formula is C19H25N3O3S. The van der Waals surface area contributed by atoms with Crippen LogP contribution in [0.1, 0.15) is 43.1 Å². The van der Waals surface area contributed by atoms with Crippen molar-refractivity contribution in [3.63, 3.8) is 0 Å². The molecule has 26 heavy (non-hydrogen) atoms. The van der Waals surface area contributed by atoms with Gasteiger partial charge in [-0.1, -0.05) is 13.0 Å². The molecule has 0 bridgehead atoms. The fourth-order valence-electron chi connectivity index (χ4n) is 2.43. The van der Waals surface area contributed by atoms with Crippen molar-refractivity contribution in [3.05, 3.63) is 59.9 Å². The molecule has 0 saturated heterocycles. The predicted molar refractivity (Wildman–Crippen MR) is 103 cm³/mol. The number of nitrogens with zero attached hydrogens (tertiary/aromatic N) is 2. The zero-order valence-corrected chi connectivity index (χ0v) is 16.2. The van der Waals surface area contributed by atoms with Crippen LogP contribution in [0.4, 0.5) is 5.69 Å². The second-order valence-electron chi connectivity index (χ2n) is 6.13. The Balaban J connectivity index is 2.19. The maximum Gasteiger partial charge on any atom is 0.254 e. The van der Waals surface area contributed by atoms with Crippen LogP contribution in [-0.4, -0.2) is 36.0 Å². The number of nitrogens with one attached hydrogen (secondary N) is 1. The van der Waals surface area contributed by atoms with Crippen LogP contribution in [0, 0.1) is 0 Å². The van der Waals surface area contributed by atoms with Crippen molar-refractivity contribution >= 4 is 21.6 Å². The van der Waals surface area contributed by atoms with Gasteiger partial charge in [0.2, 0.25) is 10.0 Å². The van der Waals surface area contributed by atoms with Crippen LogP contribution < -0.4 is 4.72 Å². The quantitative estimate of drug-likeness (QED) is 0.768. The van der Waals surface area contributed by atoms with Crippen molar-refractivity contribution in [1.82, 2.24) is 9.88 Å². The van der Waals surface area contributed by atoms with Gasteiger partial charge < -0.3 is 4.90 Å². The van der Waals surface area contributed by atoms with Gasteiger partial charge in [0.05, 0.1) is 5.75 Å². The molecule has 1 aromatic carbocycles. The summed E-state index contributed by atoms with van der Waals surface area (Å²) in [5.74, 6) is -0.0891. The molecule has 0 fully saturated rings. The first-order valence-corrected chi connectivity index (χ1v) is 10.3. The lowest BCUT2D eigenvalue weighted by atomic mass is 10.1. The Morgan fingerprint density at radius 3 is 2.42 bits per heavy atom. The van der Waals surface area contributed by atoms with E-state index in [0.717, 1.165) is 12.0 Å². The minimum absolute atomic E-state index is 0.000581. The number of carbonyl (C=O) groups is 1. The van der Waals surface area contributed by atoms with Crippen molar-refractivity contribution in [2.75, 3.05) is 10.5 Å². The van der Waals surface area contributed by atoms with Crippen LogP contribution in [0.15, 0.2) is 48.8 Å². The number of pyridine rings is 1. The molecule has 0 spiro atoms. The molecule has 140 valence electrons. The normalized spacial score (nSPS) is 12.4. The van der Waals surface area contributed by atoms with Gasteiger partial charge in [-0.2, -0.15) is 0 Å². The highest BCUT2D eigenvalue weighted by Crippen LogP contribution is 2.17. The second-order valence-corrected chi connectivity index (χ2v) is 8.15. The van der Waals surface area contributed by atoms with Gasteiger partial charge >= 0.3 is 0 Å². The van der Waals surface area contributed by atoms with Crippen LogP contribution in [0.5, 0.6) is 0 Å². The Hall–Kier alpha value is -2.41. The molecule has 0 aliphatic carbocycles. The van der Waals surface area contributed by atoms with Gasteiger partial charge in [0, 0.05) is 36.2 Å². The molecule has 1 amide bonds. The maximum atomic E-state index is 13.0. The summed E-state index contributed by atoms with van der Waals surface area (Å²) < 4.78 is 25.7. The highest BCUT2D eigenvalue weighted by Gasteiger charge is 2.21. The molecule has 0 radical (unpaired) electrons. The van der Waals surface area contributed by atoms with Crippen molar-refractivity contribution in [2.45, 2.75) is 39.8 Å². The third-order valence-electron chi connectivity index (χ3n) is 4.24. The monoisotopic (exact) mass is 375 g/mol. The number of anilines is 1. The van der Waals surface area contributed by atoms with Crippen molar-refractivity contribution in [2.24, 2.45) is 0 Å². The number of hydrogen-bond acceptors (Lipinski definition) is 4. The molecule has 0 aliphatic rings.